The van der Waals surface area contributed by atoms with Crippen molar-refractivity contribution in [2.75, 3.05) is 6.54 Å². The number of amides is 1. The average molecular weight is 353 g/mol. The summed E-state index contributed by atoms with van der Waals surface area (Å²) in [4.78, 5) is 11.2. The van der Waals surface area contributed by atoms with Crippen LogP contribution in [0.5, 0.6) is 5.75 Å². The molecular formula is C17H22BF2NO4. The standard InChI is InChI=1S/C17H22BF2NO4/c1-10(22)21-9-12(18-24-16(2,3)17(4,5)25-18)8-11-6-7-13(23)15(20)14(11)19/h6-8,23H,9H2,1-5H3,(H,21,22). The first-order chi connectivity index (χ1) is 11.4. The minimum atomic E-state index is -1.33. The van der Waals surface area contributed by atoms with Crippen molar-refractivity contribution in [1.29, 1.82) is 0 Å². The van der Waals surface area contributed by atoms with Crippen molar-refractivity contribution in [3.8, 4) is 5.75 Å². The first-order valence-corrected chi connectivity index (χ1v) is 7.92. The molecule has 5 nitrogen and oxygen atoms in total. The van der Waals surface area contributed by atoms with Crippen molar-refractivity contribution in [1.82, 2.24) is 5.32 Å². The molecule has 0 radical (unpaired) electrons. The van der Waals surface area contributed by atoms with Crippen LogP contribution in [0, 0.1) is 11.6 Å². The number of halogens is 2. The Labute approximate surface area is 146 Å². The normalized spacial score (nSPS) is 19.2. The van der Waals surface area contributed by atoms with Crippen LogP contribution in [0.3, 0.4) is 0 Å². The molecule has 0 unspecified atom stereocenters. The summed E-state index contributed by atoms with van der Waals surface area (Å²) in [6.07, 6.45) is 1.36. The molecule has 1 heterocycles. The van der Waals surface area contributed by atoms with Crippen LogP contribution in [0.1, 0.15) is 40.2 Å². The van der Waals surface area contributed by atoms with Gasteiger partial charge in [-0.25, -0.2) is 4.39 Å². The van der Waals surface area contributed by atoms with Crippen LogP contribution in [-0.2, 0) is 14.1 Å². The first kappa shape index (κ1) is 19.4. The minimum absolute atomic E-state index is 0.0497. The highest BCUT2D eigenvalue weighted by atomic mass is 19.2. The Balaban J connectivity index is 2.40. The highest BCUT2D eigenvalue weighted by Gasteiger charge is 2.52. The van der Waals surface area contributed by atoms with Crippen LogP contribution >= 0.6 is 0 Å². The van der Waals surface area contributed by atoms with Gasteiger partial charge in [-0.1, -0.05) is 6.08 Å². The summed E-state index contributed by atoms with van der Waals surface area (Å²) in [6.45, 7) is 8.86. The van der Waals surface area contributed by atoms with E-state index in [1.807, 2.05) is 27.7 Å². The van der Waals surface area contributed by atoms with Gasteiger partial charge in [0.05, 0.1) is 11.2 Å². The SMILES string of the molecule is CC(=O)NCC(=Cc1ccc(O)c(F)c1F)B1OC(C)(C)C(C)(C)O1. The first-order valence-electron chi connectivity index (χ1n) is 7.92. The van der Waals surface area contributed by atoms with Gasteiger partial charge in [0.25, 0.3) is 0 Å². The van der Waals surface area contributed by atoms with Gasteiger partial charge in [0.1, 0.15) is 0 Å². The van der Waals surface area contributed by atoms with Crippen LogP contribution in [0.2, 0.25) is 0 Å². The van der Waals surface area contributed by atoms with Gasteiger partial charge in [0.2, 0.25) is 11.7 Å². The van der Waals surface area contributed by atoms with Gasteiger partial charge >= 0.3 is 7.12 Å². The molecule has 0 spiro atoms. The van der Waals surface area contributed by atoms with Gasteiger partial charge in [-0.2, -0.15) is 4.39 Å². The summed E-state index contributed by atoms with van der Waals surface area (Å²) < 4.78 is 39.5. The number of nitrogens with one attached hydrogen (secondary N) is 1. The van der Waals surface area contributed by atoms with E-state index in [0.29, 0.717) is 5.47 Å². The molecule has 1 aromatic carbocycles. The highest BCUT2D eigenvalue weighted by Crippen LogP contribution is 2.39. The summed E-state index contributed by atoms with van der Waals surface area (Å²) >= 11 is 0. The van der Waals surface area contributed by atoms with Crippen molar-refractivity contribution < 1.29 is 28.0 Å². The molecule has 0 atom stereocenters. The number of phenolic OH excluding ortho intramolecular Hbond substituents is 1. The molecule has 1 aliphatic rings. The number of carbonyl (C=O) groups is 1. The highest BCUT2D eigenvalue weighted by molar-refractivity contribution is 6.56. The molecule has 8 heteroatoms. The average Bonchev–Trinajstić information content (AvgIpc) is 2.71. The van der Waals surface area contributed by atoms with E-state index in [1.165, 1.54) is 19.1 Å². The van der Waals surface area contributed by atoms with E-state index >= 15 is 0 Å². The number of hydrogen-bond acceptors (Lipinski definition) is 4. The summed E-state index contributed by atoms with van der Waals surface area (Å²) in [7, 11) is -0.826. The number of carbonyl (C=O) groups excluding carboxylic acids is 1. The lowest BCUT2D eigenvalue weighted by Gasteiger charge is -2.32. The van der Waals surface area contributed by atoms with Crippen molar-refractivity contribution in [3.05, 3.63) is 34.8 Å². The summed E-state index contributed by atoms with van der Waals surface area (Å²) in [5.74, 6) is -3.56. The third-order valence-electron chi connectivity index (χ3n) is 4.53. The minimum Gasteiger partial charge on any atom is -0.505 e. The maximum Gasteiger partial charge on any atom is 0.492 e. The number of aromatic hydroxyl groups is 1. The predicted octanol–water partition coefficient (Wildman–Crippen LogP) is 2.82. The van der Waals surface area contributed by atoms with E-state index in [4.69, 9.17) is 9.31 Å². The van der Waals surface area contributed by atoms with E-state index in [-0.39, 0.29) is 18.0 Å². The second-order valence-corrected chi connectivity index (χ2v) is 7.02. The lowest BCUT2D eigenvalue weighted by atomic mass is 9.77. The molecule has 1 saturated heterocycles. The fourth-order valence-electron chi connectivity index (χ4n) is 2.29. The van der Waals surface area contributed by atoms with Crippen LogP contribution in [0.15, 0.2) is 17.6 Å². The number of rotatable bonds is 4. The monoisotopic (exact) mass is 353 g/mol. The van der Waals surface area contributed by atoms with Crippen molar-refractivity contribution >= 4 is 19.1 Å². The Hall–Kier alpha value is -1.93. The van der Waals surface area contributed by atoms with E-state index in [9.17, 15) is 18.7 Å². The third kappa shape index (κ3) is 4.01. The van der Waals surface area contributed by atoms with Gasteiger partial charge in [-0.05, 0) is 45.3 Å². The molecule has 1 fully saturated rings. The van der Waals surface area contributed by atoms with Crippen LogP contribution in [0.4, 0.5) is 8.78 Å². The fourth-order valence-corrected chi connectivity index (χ4v) is 2.29. The van der Waals surface area contributed by atoms with Crippen molar-refractivity contribution in [2.45, 2.75) is 45.8 Å². The van der Waals surface area contributed by atoms with Crippen molar-refractivity contribution in [2.24, 2.45) is 0 Å². The molecule has 1 aliphatic heterocycles. The summed E-state index contributed by atoms with van der Waals surface area (Å²) in [5.41, 5.74) is -0.888. The zero-order valence-corrected chi connectivity index (χ0v) is 14.9. The van der Waals surface area contributed by atoms with E-state index in [1.54, 1.807) is 0 Å². The Morgan fingerprint density at radius 2 is 1.76 bits per heavy atom. The summed E-state index contributed by atoms with van der Waals surface area (Å²) in [5, 5.41) is 11.9. The molecule has 2 rings (SSSR count). The Kier molecular flexibility index (Phi) is 5.25. The molecule has 1 aromatic rings. The van der Waals surface area contributed by atoms with Crippen molar-refractivity contribution in [3.63, 3.8) is 0 Å². The Bertz CT molecular complexity index is 703. The Morgan fingerprint density at radius 3 is 2.28 bits per heavy atom. The second-order valence-electron chi connectivity index (χ2n) is 7.02. The smallest absolute Gasteiger partial charge is 0.492 e. The topological polar surface area (TPSA) is 67.8 Å². The maximum atomic E-state index is 14.1. The molecule has 0 aliphatic carbocycles. The molecule has 2 N–H and O–H groups in total. The Morgan fingerprint density at radius 1 is 1.20 bits per heavy atom. The largest absolute Gasteiger partial charge is 0.505 e. The van der Waals surface area contributed by atoms with Crippen LogP contribution in [0.25, 0.3) is 6.08 Å². The predicted molar refractivity (Wildman–Crippen MR) is 90.8 cm³/mol. The lowest BCUT2D eigenvalue weighted by Crippen LogP contribution is -2.41. The van der Waals surface area contributed by atoms with Crippen LogP contribution in [-0.4, -0.2) is 35.9 Å². The zero-order valence-electron chi connectivity index (χ0n) is 14.9. The van der Waals surface area contributed by atoms with E-state index < -0.39 is 35.7 Å². The van der Waals surface area contributed by atoms with Gasteiger partial charge in [0.15, 0.2) is 11.6 Å². The van der Waals surface area contributed by atoms with E-state index in [0.717, 1.165) is 6.07 Å². The number of phenols is 1. The summed E-state index contributed by atoms with van der Waals surface area (Å²) in [6, 6.07) is 2.30. The molecule has 136 valence electrons. The molecular weight excluding hydrogens is 331 g/mol. The zero-order chi connectivity index (χ0) is 19.0. The molecule has 0 bridgehead atoms. The number of benzene rings is 1. The van der Waals surface area contributed by atoms with Gasteiger partial charge in [0, 0.05) is 19.0 Å². The van der Waals surface area contributed by atoms with Gasteiger partial charge in [-0.15, -0.1) is 0 Å². The second kappa shape index (κ2) is 6.76. The molecule has 0 saturated carbocycles. The molecule has 0 aromatic heterocycles. The quantitative estimate of drug-likeness (QED) is 0.817. The maximum absolute atomic E-state index is 14.1. The fraction of sp³-hybridized carbons (Fsp3) is 0.471. The van der Waals surface area contributed by atoms with Gasteiger partial charge < -0.3 is 19.7 Å². The van der Waals surface area contributed by atoms with Gasteiger partial charge in [-0.3, -0.25) is 4.79 Å². The lowest BCUT2D eigenvalue weighted by molar-refractivity contribution is -0.118. The third-order valence-corrected chi connectivity index (χ3v) is 4.53. The molecule has 25 heavy (non-hydrogen) atoms. The number of hydrogen-bond donors (Lipinski definition) is 2. The molecule has 1 amide bonds. The van der Waals surface area contributed by atoms with Crippen LogP contribution < -0.4 is 5.32 Å². The van der Waals surface area contributed by atoms with E-state index in [2.05, 4.69) is 5.32 Å².